The molecule has 0 aromatic heterocycles. The largest absolute Gasteiger partial charge is 0.368 e. The van der Waals surface area contributed by atoms with Gasteiger partial charge in [0.25, 0.3) is 5.91 Å². The highest BCUT2D eigenvalue weighted by Crippen LogP contribution is 2.32. The monoisotopic (exact) mass is 401 g/mol. The number of carbonyl (C=O) groups is 1. The fourth-order valence-corrected chi connectivity index (χ4v) is 4.22. The molecule has 2 aliphatic heterocycles. The average molecular weight is 402 g/mol. The van der Waals surface area contributed by atoms with Crippen LogP contribution in [0.25, 0.3) is 6.08 Å². The van der Waals surface area contributed by atoms with E-state index in [0.29, 0.717) is 9.93 Å². The molecule has 2 heterocycles. The van der Waals surface area contributed by atoms with E-state index in [2.05, 4.69) is 14.8 Å². The summed E-state index contributed by atoms with van der Waals surface area (Å²) in [5, 5.41) is 1.34. The predicted octanol–water partition coefficient (Wildman–Crippen LogP) is 4.27. The van der Waals surface area contributed by atoms with Crippen LogP contribution >= 0.6 is 23.4 Å². The van der Waals surface area contributed by atoms with E-state index in [4.69, 9.17) is 11.6 Å². The third-order valence-electron chi connectivity index (χ3n) is 4.54. The van der Waals surface area contributed by atoms with Crippen LogP contribution in [0.2, 0.25) is 5.02 Å². The normalized spacial score (nSPS) is 19.0. The summed E-state index contributed by atoms with van der Waals surface area (Å²) in [5.41, 5.74) is 1.82. The molecule has 0 radical (unpaired) electrons. The lowest BCUT2D eigenvalue weighted by molar-refractivity contribution is -0.113. The summed E-state index contributed by atoms with van der Waals surface area (Å²) in [6, 6.07) is 14.0. The Morgan fingerprint density at radius 1 is 1.00 bits per heavy atom. The molecule has 7 heteroatoms. The van der Waals surface area contributed by atoms with Crippen LogP contribution in [-0.4, -0.2) is 42.2 Å². The number of hydrogen-bond donors (Lipinski definition) is 0. The topological polar surface area (TPSA) is 35.9 Å². The number of nitrogens with zero attached hydrogens (tertiary/aromatic N) is 3. The Morgan fingerprint density at radius 2 is 1.67 bits per heavy atom. The molecule has 0 unspecified atom stereocenters. The first-order valence-electron chi connectivity index (χ1n) is 8.63. The number of amidine groups is 1. The summed E-state index contributed by atoms with van der Waals surface area (Å²) in [6.07, 6.45) is 1.79. The van der Waals surface area contributed by atoms with Crippen molar-refractivity contribution in [2.45, 2.75) is 0 Å². The van der Waals surface area contributed by atoms with E-state index >= 15 is 0 Å². The van der Waals surface area contributed by atoms with Gasteiger partial charge in [-0.1, -0.05) is 29.8 Å². The molecule has 0 aliphatic carbocycles. The van der Waals surface area contributed by atoms with E-state index in [1.54, 1.807) is 24.3 Å². The highest BCUT2D eigenvalue weighted by molar-refractivity contribution is 8.18. The second-order valence-corrected chi connectivity index (χ2v) is 7.70. The number of carbonyl (C=O) groups excluding carboxylic acids is 1. The van der Waals surface area contributed by atoms with E-state index in [1.807, 2.05) is 18.2 Å². The fourth-order valence-electron chi connectivity index (χ4n) is 3.07. The highest BCUT2D eigenvalue weighted by atomic mass is 35.5. The lowest BCUT2D eigenvalue weighted by atomic mass is 10.2. The second-order valence-electron chi connectivity index (χ2n) is 6.28. The Balaban J connectivity index is 1.41. The zero-order valence-electron chi connectivity index (χ0n) is 14.4. The lowest BCUT2D eigenvalue weighted by Crippen LogP contribution is -2.47. The molecule has 2 aromatic rings. The summed E-state index contributed by atoms with van der Waals surface area (Å²) in [7, 11) is 0. The predicted molar refractivity (Wildman–Crippen MR) is 110 cm³/mol. The Morgan fingerprint density at radius 3 is 2.37 bits per heavy atom. The molecule has 0 atom stereocenters. The standard InChI is InChI=1S/C20H17ClFN3OS/c21-17-4-2-1-3-14(17)13-18-19(26)23-20(27-18)25-11-9-24(10-12-25)16-7-5-15(22)6-8-16/h1-8,13H,9-12H2. The van der Waals surface area contributed by atoms with E-state index < -0.39 is 0 Å². The van der Waals surface area contributed by atoms with Gasteiger partial charge < -0.3 is 9.80 Å². The number of benzene rings is 2. The lowest BCUT2D eigenvalue weighted by Gasteiger charge is -2.36. The SMILES string of the molecule is O=C1N=C(N2CCN(c3ccc(F)cc3)CC2)SC1=Cc1ccccc1Cl. The van der Waals surface area contributed by atoms with Gasteiger partial charge >= 0.3 is 0 Å². The van der Waals surface area contributed by atoms with Crippen molar-refractivity contribution < 1.29 is 9.18 Å². The highest BCUT2D eigenvalue weighted by Gasteiger charge is 2.28. The van der Waals surface area contributed by atoms with Crippen LogP contribution in [0, 0.1) is 5.82 Å². The van der Waals surface area contributed by atoms with Crippen LogP contribution in [0.3, 0.4) is 0 Å². The minimum Gasteiger partial charge on any atom is -0.368 e. The van der Waals surface area contributed by atoms with Gasteiger partial charge in [-0.25, -0.2) is 4.39 Å². The maximum absolute atomic E-state index is 13.1. The first-order chi connectivity index (χ1) is 13.1. The van der Waals surface area contributed by atoms with Crippen LogP contribution in [-0.2, 0) is 4.79 Å². The van der Waals surface area contributed by atoms with Crippen LogP contribution in [0.5, 0.6) is 0 Å². The van der Waals surface area contributed by atoms with Gasteiger partial charge in [0.1, 0.15) is 5.82 Å². The van der Waals surface area contributed by atoms with Crippen molar-refractivity contribution in [3.63, 3.8) is 0 Å². The number of halogens is 2. The number of thioether (sulfide) groups is 1. The summed E-state index contributed by atoms with van der Waals surface area (Å²) < 4.78 is 13.1. The number of piperazine rings is 1. The maximum Gasteiger partial charge on any atom is 0.286 e. The van der Waals surface area contributed by atoms with E-state index in [1.165, 1.54) is 23.9 Å². The summed E-state index contributed by atoms with van der Waals surface area (Å²) in [5.74, 6) is -0.457. The maximum atomic E-state index is 13.1. The Kier molecular flexibility index (Phi) is 5.18. The molecule has 1 fully saturated rings. The molecule has 0 bridgehead atoms. The number of amides is 1. The van der Waals surface area contributed by atoms with Gasteiger partial charge in [-0.15, -0.1) is 0 Å². The van der Waals surface area contributed by atoms with Crippen LogP contribution in [0.4, 0.5) is 10.1 Å². The molecule has 2 aromatic carbocycles. The molecule has 1 saturated heterocycles. The van der Waals surface area contributed by atoms with E-state index in [-0.39, 0.29) is 11.7 Å². The first-order valence-corrected chi connectivity index (χ1v) is 9.82. The molecule has 1 amide bonds. The molecule has 0 N–H and O–H groups in total. The van der Waals surface area contributed by atoms with Crippen molar-refractivity contribution in [3.8, 4) is 0 Å². The quantitative estimate of drug-likeness (QED) is 0.704. The summed E-state index contributed by atoms with van der Waals surface area (Å²) in [6.45, 7) is 3.11. The van der Waals surface area contributed by atoms with Gasteiger partial charge in [0.05, 0.1) is 4.91 Å². The molecule has 4 nitrogen and oxygen atoms in total. The number of anilines is 1. The molecule has 0 spiro atoms. The minimum atomic E-state index is -0.231. The Hall–Kier alpha value is -2.31. The van der Waals surface area contributed by atoms with Crippen LogP contribution in [0.1, 0.15) is 5.56 Å². The van der Waals surface area contributed by atoms with Crippen molar-refractivity contribution in [1.29, 1.82) is 0 Å². The first kappa shape index (κ1) is 18.1. The average Bonchev–Trinajstić information content (AvgIpc) is 3.05. The van der Waals surface area contributed by atoms with E-state index in [0.717, 1.165) is 42.6 Å². The smallest absolute Gasteiger partial charge is 0.286 e. The zero-order valence-corrected chi connectivity index (χ0v) is 16.0. The van der Waals surface area contributed by atoms with Crippen molar-refractivity contribution in [1.82, 2.24) is 4.90 Å². The molecule has 27 heavy (non-hydrogen) atoms. The minimum absolute atomic E-state index is 0.226. The van der Waals surface area contributed by atoms with Gasteiger partial charge in [0, 0.05) is 36.9 Å². The molecular weight excluding hydrogens is 385 g/mol. The third-order valence-corrected chi connectivity index (χ3v) is 5.93. The third kappa shape index (κ3) is 4.01. The van der Waals surface area contributed by atoms with Crippen molar-refractivity contribution in [3.05, 3.63) is 69.8 Å². The number of aliphatic imine (C=N–C) groups is 1. The van der Waals surface area contributed by atoms with Gasteiger partial charge in [-0.05, 0) is 53.7 Å². The summed E-state index contributed by atoms with van der Waals surface area (Å²) in [4.78, 5) is 21.4. The van der Waals surface area contributed by atoms with Gasteiger partial charge in [0.2, 0.25) is 0 Å². The zero-order chi connectivity index (χ0) is 18.8. The molecule has 138 valence electrons. The van der Waals surface area contributed by atoms with Crippen molar-refractivity contribution in [2.24, 2.45) is 4.99 Å². The Bertz CT molecular complexity index is 921. The fraction of sp³-hybridized carbons (Fsp3) is 0.200. The van der Waals surface area contributed by atoms with Gasteiger partial charge in [-0.2, -0.15) is 4.99 Å². The molecule has 0 saturated carbocycles. The van der Waals surface area contributed by atoms with E-state index in [9.17, 15) is 9.18 Å². The van der Waals surface area contributed by atoms with Gasteiger partial charge in [-0.3, -0.25) is 4.79 Å². The number of rotatable bonds is 2. The van der Waals surface area contributed by atoms with Crippen LogP contribution < -0.4 is 4.90 Å². The van der Waals surface area contributed by atoms with Crippen molar-refractivity contribution >= 4 is 46.2 Å². The van der Waals surface area contributed by atoms with Crippen LogP contribution in [0.15, 0.2) is 58.4 Å². The summed E-state index contributed by atoms with van der Waals surface area (Å²) >= 11 is 7.57. The van der Waals surface area contributed by atoms with Crippen molar-refractivity contribution in [2.75, 3.05) is 31.1 Å². The molecule has 4 rings (SSSR count). The molecule has 2 aliphatic rings. The molecular formula is C20H17ClFN3OS. The van der Waals surface area contributed by atoms with Gasteiger partial charge in [0.15, 0.2) is 5.17 Å². The number of hydrogen-bond acceptors (Lipinski definition) is 4. The Labute approximate surface area is 166 Å². The second kappa shape index (κ2) is 7.74.